The van der Waals surface area contributed by atoms with E-state index in [1.54, 1.807) is 14.2 Å². The fourth-order valence-corrected chi connectivity index (χ4v) is 3.63. The maximum absolute atomic E-state index is 5.82. The molecule has 0 amide bonds. The number of thiocarbonyl (C=S) groups is 1. The number of benzene rings is 3. The van der Waals surface area contributed by atoms with Crippen LogP contribution in [0.15, 0.2) is 72.8 Å². The van der Waals surface area contributed by atoms with Crippen molar-refractivity contribution in [1.29, 1.82) is 0 Å². The molecule has 5 heteroatoms. The summed E-state index contributed by atoms with van der Waals surface area (Å²) in [4.78, 5) is 2.17. The minimum Gasteiger partial charge on any atom is -0.497 e. The summed E-state index contributed by atoms with van der Waals surface area (Å²) in [7, 11) is 3.34. The van der Waals surface area contributed by atoms with E-state index in [1.807, 2.05) is 36.4 Å². The first kappa shape index (κ1) is 23.6. The molecule has 32 heavy (non-hydrogen) atoms. The Morgan fingerprint density at radius 3 is 1.91 bits per heavy atom. The van der Waals surface area contributed by atoms with Crippen LogP contribution in [0.5, 0.6) is 11.5 Å². The Morgan fingerprint density at radius 2 is 1.38 bits per heavy atom. The second-order valence-corrected chi connectivity index (χ2v) is 9.20. The highest BCUT2D eigenvalue weighted by Crippen LogP contribution is 2.24. The van der Waals surface area contributed by atoms with Gasteiger partial charge in [-0.15, -0.1) is 0 Å². The number of ether oxygens (including phenoxy) is 2. The van der Waals surface area contributed by atoms with Crippen molar-refractivity contribution in [1.82, 2.24) is 4.90 Å². The highest BCUT2D eigenvalue weighted by Gasteiger charge is 2.15. The van der Waals surface area contributed by atoms with Crippen LogP contribution in [0.25, 0.3) is 0 Å². The van der Waals surface area contributed by atoms with Gasteiger partial charge in [-0.3, -0.25) is 0 Å². The molecule has 0 aliphatic rings. The lowest BCUT2D eigenvalue weighted by Crippen LogP contribution is -2.33. The molecule has 0 saturated heterocycles. The largest absolute Gasteiger partial charge is 0.497 e. The zero-order chi connectivity index (χ0) is 23.1. The molecule has 0 aliphatic carbocycles. The Kier molecular flexibility index (Phi) is 7.75. The number of hydrogen-bond donors (Lipinski definition) is 1. The van der Waals surface area contributed by atoms with E-state index in [2.05, 4.69) is 67.4 Å². The quantitative estimate of drug-likeness (QED) is 0.423. The van der Waals surface area contributed by atoms with Gasteiger partial charge in [0.25, 0.3) is 0 Å². The molecule has 0 heterocycles. The first-order valence-corrected chi connectivity index (χ1v) is 11.1. The van der Waals surface area contributed by atoms with Crippen LogP contribution < -0.4 is 14.8 Å². The van der Waals surface area contributed by atoms with E-state index in [0.717, 1.165) is 22.7 Å². The van der Waals surface area contributed by atoms with Crippen LogP contribution in [0.2, 0.25) is 0 Å². The molecule has 3 aromatic carbocycles. The first-order valence-electron chi connectivity index (χ1n) is 10.7. The van der Waals surface area contributed by atoms with Crippen LogP contribution in [0, 0.1) is 0 Å². The molecule has 0 spiro atoms. The lowest BCUT2D eigenvalue weighted by Gasteiger charge is -2.27. The lowest BCUT2D eigenvalue weighted by molar-refractivity contribution is 0.407. The number of methoxy groups -OCH3 is 2. The molecule has 168 valence electrons. The van der Waals surface area contributed by atoms with Gasteiger partial charge in [-0.05, 0) is 58.6 Å². The number of nitrogens with one attached hydrogen (secondary N) is 1. The van der Waals surface area contributed by atoms with Crippen LogP contribution >= 0.6 is 12.2 Å². The van der Waals surface area contributed by atoms with Crippen LogP contribution in [0.3, 0.4) is 0 Å². The third-order valence-electron chi connectivity index (χ3n) is 5.33. The molecular weight excluding hydrogens is 416 g/mol. The van der Waals surface area contributed by atoms with Gasteiger partial charge in [-0.25, -0.2) is 0 Å². The molecule has 3 rings (SSSR count). The molecule has 0 unspecified atom stereocenters. The van der Waals surface area contributed by atoms with Crippen LogP contribution in [-0.4, -0.2) is 24.2 Å². The number of nitrogens with zero attached hydrogens (tertiary/aromatic N) is 1. The first-order chi connectivity index (χ1) is 15.3. The Balaban J connectivity index is 1.81. The molecule has 0 radical (unpaired) electrons. The summed E-state index contributed by atoms with van der Waals surface area (Å²) < 4.78 is 10.6. The molecule has 0 fully saturated rings. The molecule has 3 aromatic rings. The van der Waals surface area contributed by atoms with Crippen molar-refractivity contribution in [3.05, 3.63) is 89.5 Å². The maximum Gasteiger partial charge on any atom is 0.174 e. The van der Waals surface area contributed by atoms with Crippen LogP contribution in [0.4, 0.5) is 5.69 Å². The SMILES string of the molecule is COc1ccc(CN(Cc2ccc(C(C)(C)C)cc2)C(=S)Nc2cccc(OC)c2)cc1. The summed E-state index contributed by atoms with van der Waals surface area (Å²) in [6, 6.07) is 24.7. The van der Waals surface area contributed by atoms with Crippen molar-refractivity contribution in [2.24, 2.45) is 0 Å². The molecular formula is C27H32N2O2S. The van der Waals surface area contributed by atoms with Gasteiger partial charge in [0.2, 0.25) is 0 Å². The smallest absolute Gasteiger partial charge is 0.174 e. The summed E-state index contributed by atoms with van der Waals surface area (Å²) in [5.41, 5.74) is 4.72. The van der Waals surface area contributed by atoms with E-state index in [1.165, 1.54) is 11.1 Å². The second kappa shape index (κ2) is 10.5. The summed E-state index contributed by atoms with van der Waals surface area (Å²) in [5.74, 6) is 1.63. The average Bonchev–Trinajstić information content (AvgIpc) is 2.79. The minimum absolute atomic E-state index is 0.129. The zero-order valence-electron chi connectivity index (χ0n) is 19.5. The molecule has 0 bridgehead atoms. The van der Waals surface area contributed by atoms with Gasteiger partial charge < -0.3 is 19.7 Å². The van der Waals surface area contributed by atoms with E-state index < -0.39 is 0 Å². The maximum atomic E-state index is 5.82. The normalized spacial score (nSPS) is 11.0. The third-order valence-corrected chi connectivity index (χ3v) is 5.69. The molecule has 0 aliphatic heterocycles. The second-order valence-electron chi connectivity index (χ2n) is 8.81. The van der Waals surface area contributed by atoms with Crippen molar-refractivity contribution in [3.8, 4) is 11.5 Å². The van der Waals surface area contributed by atoms with Crippen LogP contribution in [0.1, 0.15) is 37.5 Å². The van der Waals surface area contributed by atoms with E-state index in [4.69, 9.17) is 21.7 Å². The average molecular weight is 449 g/mol. The van der Waals surface area contributed by atoms with Gasteiger partial charge in [-0.2, -0.15) is 0 Å². The highest BCUT2D eigenvalue weighted by molar-refractivity contribution is 7.80. The predicted molar refractivity (Wildman–Crippen MR) is 137 cm³/mol. The fourth-order valence-electron chi connectivity index (χ4n) is 3.38. The zero-order valence-corrected chi connectivity index (χ0v) is 20.3. The van der Waals surface area contributed by atoms with Gasteiger partial charge in [0, 0.05) is 24.8 Å². The summed E-state index contributed by atoms with van der Waals surface area (Å²) >= 11 is 5.82. The fraction of sp³-hybridized carbons (Fsp3) is 0.296. The van der Waals surface area contributed by atoms with Crippen molar-refractivity contribution >= 4 is 23.0 Å². The van der Waals surface area contributed by atoms with Crippen molar-refractivity contribution in [3.63, 3.8) is 0 Å². The Morgan fingerprint density at radius 1 is 0.812 bits per heavy atom. The topological polar surface area (TPSA) is 33.7 Å². The third kappa shape index (κ3) is 6.47. The van der Waals surface area contributed by atoms with Gasteiger partial charge in [0.1, 0.15) is 11.5 Å². The Labute approximate surface area is 197 Å². The molecule has 4 nitrogen and oxygen atoms in total. The van der Waals surface area contributed by atoms with Crippen LogP contribution in [-0.2, 0) is 18.5 Å². The Hall–Kier alpha value is -3.05. The van der Waals surface area contributed by atoms with Crippen molar-refractivity contribution in [2.75, 3.05) is 19.5 Å². The number of rotatable bonds is 7. The number of hydrogen-bond acceptors (Lipinski definition) is 3. The standard InChI is InChI=1S/C27H32N2O2S/c1-27(2,3)22-13-9-20(10-14-22)18-29(19-21-11-15-24(30-4)16-12-21)26(32)28-23-7-6-8-25(17-23)31-5/h6-17H,18-19H2,1-5H3,(H,28,32). The molecule has 0 atom stereocenters. The van der Waals surface area contributed by atoms with Gasteiger partial charge >= 0.3 is 0 Å². The van der Waals surface area contributed by atoms with Gasteiger partial charge in [-0.1, -0.05) is 63.2 Å². The van der Waals surface area contributed by atoms with E-state index >= 15 is 0 Å². The van der Waals surface area contributed by atoms with E-state index in [0.29, 0.717) is 18.2 Å². The van der Waals surface area contributed by atoms with E-state index in [9.17, 15) is 0 Å². The molecule has 0 saturated carbocycles. The van der Waals surface area contributed by atoms with Crippen molar-refractivity contribution < 1.29 is 9.47 Å². The van der Waals surface area contributed by atoms with Gasteiger partial charge in [0.05, 0.1) is 14.2 Å². The van der Waals surface area contributed by atoms with E-state index in [-0.39, 0.29) is 5.41 Å². The minimum atomic E-state index is 0.129. The van der Waals surface area contributed by atoms with Gasteiger partial charge in [0.15, 0.2) is 5.11 Å². The monoisotopic (exact) mass is 448 g/mol. The molecule has 1 N–H and O–H groups in total. The number of anilines is 1. The highest BCUT2D eigenvalue weighted by atomic mass is 32.1. The van der Waals surface area contributed by atoms with Crippen molar-refractivity contribution in [2.45, 2.75) is 39.3 Å². The molecule has 0 aromatic heterocycles. The summed E-state index contributed by atoms with van der Waals surface area (Å²) in [5, 5.41) is 4.03. The Bertz CT molecular complexity index is 1020. The summed E-state index contributed by atoms with van der Waals surface area (Å²) in [6.45, 7) is 8.06. The predicted octanol–water partition coefficient (Wildman–Crippen LogP) is 6.40. The lowest BCUT2D eigenvalue weighted by atomic mass is 9.87. The summed E-state index contributed by atoms with van der Waals surface area (Å²) in [6.07, 6.45) is 0.